The minimum absolute atomic E-state index is 0.174. The van der Waals surface area contributed by atoms with Gasteiger partial charge in [-0.05, 0) is 50.6 Å². The molecule has 0 saturated carbocycles. The van der Waals surface area contributed by atoms with E-state index in [4.69, 9.17) is 9.47 Å². The molecule has 4 rings (SSSR count). The highest BCUT2D eigenvalue weighted by Gasteiger charge is 2.24. The molecule has 1 aromatic heterocycles. The molecule has 3 heterocycles. The van der Waals surface area contributed by atoms with Gasteiger partial charge >= 0.3 is 0 Å². The van der Waals surface area contributed by atoms with Crippen LogP contribution in [0.2, 0.25) is 0 Å². The van der Waals surface area contributed by atoms with Gasteiger partial charge in [-0.2, -0.15) is 0 Å². The number of carbonyl (C=O) groups excluding carboxylic acids is 1. The van der Waals surface area contributed by atoms with Gasteiger partial charge in [0.15, 0.2) is 11.5 Å². The van der Waals surface area contributed by atoms with Crippen LogP contribution in [-0.4, -0.2) is 49.3 Å². The Kier molecular flexibility index (Phi) is 5.08. The largest absolute Gasteiger partial charge is 0.454 e. The first kappa shape index (κ1) is 17.3. The Balaban J connectivity index is 1.41. The number of nitrogens with zero attached hydrogens (tertiary/aromatic N) is 2. The summed E-state index contributed by atoms with van der Waals surface area (Å²) in [5.41, 5.74) is 1.83. The lowest BCUT2D eigenvalue weighted by molar-refractivity contribution is -0.132. The second-order valence-electron chi connectivity index (χ2n) is 6.79. The molecule has 1 unspecified atom stereocenters. The van der Waals surface area contributed by atoms with E-state index in [1.165, 1.54) is 6.42 Å². The molecule has 2 aliphatic heterocycles. The van der Waals surface area contributed by atoms with E-state index in [9.17, 15) is 4.79 Å². The number of aromatic nitrogens is 1. The van der Waals surface area contributed by atoms with E-state index in [2.05, 4.69) is 10.3 Å². The van der Waals surface area contributed by atoms with Gasteiger partial charge in [-0.25, -0.2) is 4.98 Å². The van der Waals surface area contributed by atoms with Crippen molar-refractivity contribution < 1.29 is 14.3 Å². The first-order chi connectivity index (χ1) is 12.7. The average molecular weight is 373 g/mol. The van der Waals surface area contributed by atoms with Gasteiger partial charge in [-0.1, -0.05) is 0 Å². The number of benzene rings is 1. The van der Waals surface area contributed by atoms with Crippen LogP contribution in [0.15, 0.2) is 23.6 Å². The lowest BCUT2D eigenvalue weighted by Crippen LogP contribution is -2.43. The Hall–Kier alpha value is -2.12. The fraction of sp³-hybridized carbons (Fsp3) is 0.474. The normalized spacial score (nSPS) is 19.0. The summed E-state index contributed by atoms with van der Waals surface area (Å²) in [6.07, 6.45) is 2.64. The van der Waals surface area contributed by atoms with Crippen LogP contribution in [0, 0.1) is 5.92 Å². The number of piperidine rings is 1. The molecule has 0 aliphatic carbocycles. The number of carbonyl (C=O) groups is 1. The van der Waals surface area contributed by atoms with E-state index in [0.29, 0.717) is 12.3 Å². The summed E-state index contributed by atoms with van der Waals surface area (Å²) in [4.78, 5) is 19.3. The molecular weight excluding hydrogens is 350 g/mol. The zero-order chi connectivity index (χ0) is 17.9. The third-order valence-corrected chi connectivity index (χ3v) is 5.81. The smallest absolute Gasteiger partial charge is 0.231 e. The molecule has 7 heteroatoms. The van der Waals surface area contributed by atoms with Crippen LogP contribution in [0.5, 0.6) is 11.5 Å². The standard InChI is InChI=1S/C19H23N3O3S/c1-20-9-13-3-2-6-22(10-13)18(23)8-15-11-26-19(21-15)14-4-5-16-17(7-14)25-12-24-16/h4-5,7,11,13,20H,2-3,6,8-10,12H2,1H3. The number of hydrogen-bond donors (Lipinski definition) is 1. The Morgan fingerprint density at radius 1 is 1.38 bits per heavy atom. The number of nitrogens with one attached hydrogen (secondary N) is 1. The van der Waals surface area contributed by atoms with E-state index < -0.39 is 0 Å². The predicted octanol–water partition coefficient (Wildman–Crippen LogP) is 2.54. The summed E-state index contributed by atoms with van der Waals surface area (Å²) < 4.78 is 10.8. The minimum Gasteiger partial charge on any atom is -0.454 e. The van der Waals surface area contributed by atoms with Crippen LogP contribution in [0.4, 0.5) is 0 Å². The predicted molar refractivity (Wildman–Crippen MR) is 101 cm³/mol. The monoisotopic (exact) mass is 373 g/mol. The third kappa shape index (κ3) is 3.68. The van der Waals surface area contributed by atoms with Gasteiger partial charge in [0.25, 0.3) is 0 Å². The molecule has 0 bridgehead atoms. The van der Waals surface area contributed by atoms with Crippen molar-refractivity contribution in [3.63, 3.8) is 0 Å². The van der Waals surface area contributed by atoms with Crippen LogP contribution >= 0.6 is 11.3 Å². The fourth-order valence-corrected chi connectivity index (χ4v) is 4.38. The van der Waals surface area contributed by atoms with Crippen molar-refractivity contribution in [2.24, 2.45) is 5.92 Å². The Labute approximate surface area is 157 Å². The van der Waals surface area contributed by atoms with Gasteiger partial charge in [0, 0.05) is 24.0 Å². The van der Waals surface area contributed by atoms with E-state index in [1.807, 2.05) is 35.5 Å². The van der Waals surface area contributed by atoms with Crippen molar-refractivity contribution in [1.82, 2.24) is 15.2 Å². The molecule has 2 aliphatic rings. The zero-order valence-electron chi connectivity index (χ0n) is 14.9. The Bertz CT molecular complexity index is 790. The molecule has 2 aromatic rings. The lowest BCUT2D eigenvalue weighted by atomic mass is 9.97. The van der Waals surface area contributed by atoms with Crippen molar-refractivity contribution >= 4 is 17.2 Å². The van der Waals surface area contributed by atoms with Gasteiger partial charge in [0.1, 0.15) is 5.01 Å². The van der Waals surface area contributed by atoms with Gasteiger partial charge in [0.2, 0.25) is 12.7 Å². The Morgan fingerprint density at radius 3 is 3.15 bits per heavy atom. The van der Waals surface area contributed by atoms with Crippen molar-refractivity contribution in [1.29, 1.82) is 0 Å². The molecule has 1 saturated heterocycles. The third-order valence-electron chi connectivity index (χ3n) is 4.87. The van der Waals surface area contributed by atoms with Gasteiger partial charge < -0.3 is 19.7 Å². The number of thiazole rings is 1. The molecular formula is C19H23N3O3S. The van der Waals surface area contributed by atoms with Crippen molar-refractivity contribution in [2.45, 2.75) is 19.3 Å². The van der Waals surface area contributed by atoms with Crippen molar-refractivity contribution in [3.05, 3.63) is 29.3 Å². The van der Waals surface area contributed by atoms with E-state index in [1.54, 1.807) is 11.3 Å². The minimum atomic E-state index is 0.174. The number of ether oxygens (including phenoxy) is 2. The maximum Gasteiger partial charge on any atom is 0.231 e. The Morgan fingerprint density at radius 2 is 2.27 bits per heavy atom. The summed E-state index contributed by atoms with van der Waals surface area (Å²) >= 11 is 1.56. The van der Waals surface area contributed by atoms with Crippen LogP contribution in [0.1, 0.15) is 18.5 Å². The van der Waals surface area contributed by atoms with E-state index >= 15 is 0 Å². The number of rotatable bonds is 5. The summed E-state index contributed by atoms with van der Waals surface area (Å²) in [5, 5.41) is 6.10. The van der Waals surface area contributed by atoms with Gasteiger partial charge in [-0.3, -0.25) is 4.79 Å². The van der Waals surface area contributed by atoms with E-state index in [0.717, 1.165) is 53.8 Å². The van der Waals surface area contributed by atoms with Crippen molar-refractivity contribution in [2.75, 3.05) is 33.5 Å². The highest BCUT2D eigenvalue weighted by molar-refractivity contribution is 7.13. The van der Waals surface area contributed by atoms with Crippen LogP contribution in [0.3, 0.4) is 0 Å². The van der Waals surface area contributed by atoms with Gasteiger partial charge in [-0.15, -0.1) is 11.3 Å². The first-order valence-electron chi connectivity index (χ1n) is 8.99. The maximum absolute atomic E-state index is 12.7. The number of fused-ring (bicyclic) bond motifs is 1. The first-order valence-corrected chi connectivity index (χ1v) is 9.87. The molecule has 1 amide bonds. The second kappa shape index (κ2) is 7.63. The number of hydrogen-bond acceptors (Lipinski definition) is 6. The second-order valence-corrected chi connectivity index (χ2v) is 7.65. The SMILES string of the molecule is CNCC1CCCN(C(=O)Cc2csc(-c3ccc4c(c3)OCO4)n2)C1. The number of likely N-dealkylation sites (tertiary alicyclic amines) is 1. The fourth-order valence-electron chi connectivity index (χ4n) is 3.56. The molecule has 0 radical (unpaired) electrons. The molecule has 0 spiro atoms. The molecule has 1 N–H and O–H groups in total. The summed E-state index contributed by atoms with van der Waals surface area (Å²) in [6, 6.07) is 5.82. The van der Waals surface area contributed by atoms with Crippen LogP contribution < -0.4 is 14.8 Å². The van der Waals surface area contributed by atoms with Gasteiger partial charge in [0.05, 0.1) is 12.1 Å². The summed E-state index contributed by atoms with van der Waals surface area (Å²) in [5.74, 6) is 2.24. The quantitative estimate of drug-likeness (QED) is 0.873. The highest BCUT2D eigenvalue weighted by atomic mass is 32.1. The molecule has 1 atom stereocenters. The lowest BCUT2D eigenvalue weighted by Gasteiger charge is -2.32. The average Bonchev–Trinajstić information content (AvgIpc) is 3.30. The summed E-state index contributed by atoms with van der Waals surface area (Å²) in [7, 11) is 1.97. The number of amides is 1. The molecule has 138 valence electrons. The highest BCUT2D eigenvalue weighted by Crippen LogP contribution is 2.36. The zero-order valence-corrected chi connectivity index (χ0v) is 15.7. The van der Waals surface area contributed by atoms with E-state index in [-0.39, 0.29) is 12.7 Å². The maximum atomic E-state index is 12.7. The molecule has 26 heavy (non-hydrogen) atoms. The molecule has 6 nitrogen and oxygen atoms in total. The summed E-state index contributed by atoms with van der Waals surface area (Å²) in [6.45, 7) is 2.94. The van der Waals surface area contributed by atoms with Crippen LogP contribution in [-0.2, 0) is 11.2 Å². The van der Waals surface area contributed by atoms with Crippen molar-refractivity contribution in [3.8, 4) is 22.1 Å². The molecule has 1 fully saturated rings. The topological polar surface area (TPSA) is 63.7 Å². The van der Waals surface area contributed by atoms with Crippen LogP contribution in [0.25, 0.3) is 10.6 Å². The molecule has 1 aromatic carbocycles.